The molecule has 5 nitrogen and oxygen atoms in total. The minimum atomic E-state index is -3.40. The molecule has 31 heavy (non-hydrogen) atoms. The van der Waals surface area contributed by atoms with Gasteiger partial charge >= 0.3 is 0 Å². The van der Waals surface area contributed by atoms with Crippen molar-refractivity contribution >= 4 is 15.9 Å². The van der Waals surface area contributed by atoms with E-state index >= 15 is 0 Å². The van der Waals surface area contributed by atoms with Crippen molar-refractivity contribution in [1.82, 2.24) is 9.62 Å². The molecule has 0 radical (unpaired) electrons. The normalized spacial score (nSPS) is 23.3. The average Bonchev–Trinajstić information content (AvgIpc) is 3.45. The van der Waals surface area contributed by atoms with Crippen molar-refractivity contribution in [1.29, 1.82) is 0 Å². The van der Waals surface area contributed by atoms with Crippen LogP contribution in [0.3, 0.4) is 0 Å². The van der Waals surface area contributed by atoms with Crippen molar-refractivity contribution in [3.63, 3.8) is 0 Å². The van der Waals surface area contributed by atoms with Crippen LogP contribution in [0.4, 0.5) is 0 Å². The maximum absolute atomic E-state index is 13.2. The summed E-state index contributed by atoms with van der Waals surface area (Å²) in [5.74, 6) is -0.0381. The summed E-state index contributed by atoms with van der Waals surface area (Å²) in [6.07, 6.45) is 3.12. The predicted molar refractivity (Wildman–Crippen MR) is 124 cm³/mol. The maximum atomic E-state index is 13.2. The molecule has 1 saturated heterocycles. The fraction of sp³-hybridized carbons (Fsp3) is 0.480. The van der Waals surface area contributed by atoms with Gasteiger partial charge in [0, 0.05) is 23.8 Å². The van der Waals surface area contributed by atoms with Gasteiger partial charge < -0.3 is 4.90 Å². The number of likely N-dealkylation sites (tertiary alicyclic amines) is 1. The molecule has 1 spiro atoms. The second-order valence-corrected chi connectivity index (χ2v) is 11.4. The standard InChI is InChI=1S/C25H32N2O3S/c1-17(2)24(28)27-16-25(13-14-25)23(26-31(4,29)30)22(27)18(3)20-11-8-12-21(15-20)19-9-6-5-7-10-19/h5-12,15,17-18,22-23,26H,13-14,16H2,1-4H3. The highest BCUT2D eigenvalue weighted by molar-refractivity contribution is 7.88. The van der Waals surface area contributed by atoms with E-state index in [1.807, 2.05) is 43.0 Å². The summed E-state index contributed by atoms with van der Waals surface area (Å²) in [7, 11) is -3.40. The van der Waals surface area contributed by atoms with Crippen LogP contribution in [0.5, 0.6) is 0 Å². The first-order valence-electron chi connectivity index (χ1n) is 11.0. The van der Waals surface area contributed by atoms with Gasteiger partial charge in [0.2, 0.25) is 15.9 Å². The van der Waals surface area contributed by atoms with Crippen LogP contribution < -0.4 is 4.72 Å². The van der Waals surface area contributed by atoms with Gasteiger partial charge in [0.05, 0.1) is 18.3 Å². The highest BCUT2D eigenvalue weighted by atomic mass is 32.2. The molecule has 2 aromatic carbocycles. The monoisotopic (exact) mass is 440 g/mol. The molecule has 1 heterocycles. The number of carbonyl (C=O) groups is 1. The minimum absolute atomic E-state index is 0.00872. The Bertz CT molecular complexity index is 1060. The van der Waals surface area contributed by atoms with Crippen molar-refractivity contribution in [3.8, 4) is 11.1 Å². The van der Waals surface area contributed by atoms with Crippen LogP contribution in [-0.2, 0) is 14.8 Å². The molecule has 1 aliphatic heterocycles. The molecule has 3 atom stereocenters. The summed E-state index contributed by atoms with van der Waals surface area (Å²) >= 11 is 0. The van der Waals surface area contributed by atoms with Crippen molar-refractivity contribution < 1.29 is 13.2 Å². The largest absolute Gasteiger partial charge is 0.337 e. The fourth-order valence-corrected chi connectivity index (χ4v) is 5.94. The van der Waals surface area contributed by atoms with Crippen LogP contribution in [0.25, 0.3) is 11.1 Å². The van der Waals surface area contributed by atoms with E-state index < -0.39 is 10.0 Å². The molecule has 0 aromatic heterocycles. The third kappa shape index (κ3) is 4.41. The number of rotatable bonds is 6. The van der Waals surface area contributed by atoms with E-state index in [0.29, 0.717) is 6.54 Å². The lowest BCUT2D eigenvalue weighted by atomic mass is 9.84. The summed E-state index contributed by atoms with van der Waals surface area (Å²) in [6, 6.07) is 18.1. The molecule has 0 bridgehead atoms. The zero-order chi connectivity index (χ0) is 22.4. The van der Waals surface area contributed by atoms with Crippen molar-refractivity contribution in [2.75, 3.05) is 12.8 Å². The topological polar surface area (TPSA) is 66.5 Å². The van der Waals surface area contributed by atoms with E-state index in [4.69, 9.17) is 0 Å². The molecule has 2 aliphatic rings. The van der Waals surface area contributed by atoms with Crippen LogP contribution in [-0.4, -0.2) is 44.1 Å². The van der Waals surface area contributed by atoms with Gasteiger partial charge in [0.25, 0.3) is 0 Å². The zero-order valence-electron chi connectivity index (χ0n) is 18.7. The number of sulfonamides is 1. The summed E-state index contributed by atoms with van der Waals surface area (Å²) in [5, 5.41) is 0. The lowest BCUT2D eigenvalue weighted by Crippen LogP contribution is -2.51. The fourth-order valence-electron chi connectivity index (χ4n) is 5.08. The maximum Gasteiger partial charge on any atom is 0.225 e. The molecular weight excluding hydrogens is 408 g/mol. The molecule has 166 valence electrons. The third-order valence-electron chi connectivity index (χ3n) is 6.89. The Hall–Kier alpha value is -2.18. The number of nitrogens with zero attached hydrogens (tertiary/aromatic N) is 1. The van der Waals surface area contributed by atoms with Gasteiger partial charge in [-0.15, -0.1) is 0 Å². The van der Waals surface area contributed by atoms with Crippen LogP contribution in [0.1, 0.15) is 45.1 Å². The van der Waals surface area contributed by atoms with Crippen molar-refractivity contribution in [2.24, 2.45) is 11.3 Å². The Labute approximate surface area is 185 Å². The molecule has 2 aromatic rings. The molecule has 1 aliphatic carbocycles. The number of amides is 1. The van der Waals surface area contributed by atoms with Gasteiger partial charge in [0.15, 0.2) is 0 Å². The van der Waals surface area contributed by atoms with E-state index in [0.717, 1.165) is 29.5 Å². The first-order chi connectivity index (χ1) is 14.6. The first kappa shape index (κ1) is 22.0. The van der Waals surface area contributed by atoms with E-state index in [1.165, 1.54) is 6.26 Å². The van der Waals surface area contributed by atoms with Gasteiger partial charge in [0.1, 0.15) is 0 Å². The molecule has 3 unspecified atom stereocenters. The van der Waals surface area contributed by atoms with E-state index in [-0.39, 0.29) is 35.2 Å². The second-order valence-electron chi connectivity index (χ2n) is 9.62. The van der Waals surface area contributed by atoms with E-state index in [9.17, 15) is 13.2 Å². The molecule has 1 saturated carbocycles. The van der Waals surface area contributed by atoms with Crippen LogP contribution in [0.2, 0.25) is 0 Å². The minimum Gasteiger partial charge on any atom is -0.337 e. The Morgan fingerprint density at radius 3 is 2.26 bits per heavy atom. The Kier molecular flexibility index (Phi) is 5.73. The summed E-state index contributed by atoms with van der Waals surface area (Å²) < 4.78 is 27.4. The Balaban J connectivity index is 1.73. The van der Waals surface area contributed by atoms with Crippen molar-refractivity contribution in [2.45, 2.75) is 51.6 Å². The second kappa shape index (κ2) is 8.06. The molecule has 1 N–H and O–H groups in total. The van der Waals surface area contributed by atoms with Gasteiger partial charge in [-0.25, -0.2) is 13.1 Å². The Morgan fingerprint density at radius 1 is 1.03 bits per heavy atom. The van der Waals surface area contributed by atoms with E-state index in [1.54, 1.807) is 0 Å². The highest BCUT2D eigenvalue weighted by Gasteiger charge is 2.62. The summed E-state index contributed by atoms with van der Waals surface area (Å²) in [6.45, 7) is 6.58. The number of hydrogen-bond acceptors (Lipinski definition) is 3. The lowest BCUT2D eigenvalue weighted by molar-refractivity contribution is -0.135. The molecule has 1 amide bonds. The van der Waals surface area contributed by atoms with Gasteiger partial charge in [-0.1, -0.05) is 75.4 Å². The van der Waals surface area contributed by atoms with Crippen LogP contribution in [0, 0.1) is 11.3 Å². The SMILES string of the molecule is CC(C)C(=O)N1CC2(CC2)C(NS(C)(=O)=O)C1C(C)c1cccc(-c2ccccc2)c1. The number of hydrogen-bond donors (Lipinski definition) is 1. The highest BCUT2D eigenvalue weighted by Crippen LogP contribution is 2.57. The lowest BCUT2D eigenvalue weighted by Gasteiger charge is -2.35. The van der Waals surface area contributed by atoms with Gasteiger partial charge in [-0.2, -0.15) is 0 Å². The quantitative estimate of drug-likeness (QED) is 0.738. The van der Waals surface area contributed by atoms with E-state index in [2.05, 4.69) is 42.0 Å². The first-order valence-corrected chi connectivity index (χ1v) is 12.9. The molecule has 4 rings (SSSR count). The predicted octanol–water partition coefficient (Wildman–Crippen LogP) is 4.02. The van der Waals surface area contributed by atoms with Crippen molar-refractivity contribution in [3.05, 3.63) is 60.2 Å². The van der Waals surface area contributed by atoms with Gasteiger partial charge in [-0.3, -0.25) is 4.79 Å². The third-order valence-corrected chi connectivity index (χ3v) is 7.57. The number of nitrogens with one attached hydrogen (secondary N) is 1. The molecule has 2 fully saturated rings. The summed E-state index contributed by atoms with van der Waals surface area (Å²) in [5.41, 5.74) is 3.25. The van der Waals surface area contributed by atoms with Crippen LogP contribution in [0.15, 0.2) is 54.6 Å². The summed E-state index contributed by atoms with van der Waals surface area (Å²) in [4.78, 5) is 15.1. The molecular formula is C25H32N2O3S. The zero-order valence-corrected chi connectivity index (χ0v) is 19.5. The molecule has 6 heteroatoms. The van der Waals surface area contributed by atoms with Crippen LogP contribution >= 0.6 is 0 Å². The smallest absolute Gasteiger partial charge is 0.225 e. The number of benzene rings is 2. The number of carbonyl (C=O) groups excluding carboxylic acids is 1. The van der Waals surface area contributed by atoms with Gasteiger partial charge in [-0.05, 0) is 29.5 Å². The average molecular weight is 441 g/mol. The Morgan fingerprint density at radius 2 is 1.68 bits per heavy atom.